The molecule has 0 aromatic carbocycles. The van der Waals surface area contributed by atoms with E-state index >= 15 is 0 Å². The van der Waals surface area contributed by atoms with Crippen molar-refractivity contribution in [3.63, 3.8) is 0 Å². The van der Waals surface area contributed by atoms with Crippen molar-refractivity contribution < 1.29 is 4.74 Å². The Morgan fingerprint density at radius 1 is 1.16 bits per heavy atom. The van der Waals surface area contributed by atoms with Gasteiger partial charge in [-0.1, -0.05) is 47.5 Å². The number of rotatable bonds is 8. The number of hydrogen-bond donors (Lipinski definition) is 1. The molecule has 1 rings (SSSR count). The Kier molecular flexibility index (Phi) is 7.38. The van der Waals surface area contributed by atoms with Gasteiger partial charge in [-0.2, -0.15) is 0 Å². The highest BCUT2D eigenvalue weighted by atomic mass is 16.5. The summed E-state index contributed by atoms with van der Waals surface area (Å²) < 4.78 is 6.35. The molecule has 0 heterocycles. The third-order valence-electron chi connectivity index (χ3n) is 4.27. The Morgan fingerprint density at radius 3 is 2.26 bits per heavy atom. The fraction of sp³-hybridized carbons (Fsp3) is 1.00. The van der Waals surface area contributed by atoms with Crippen LogP contribution in [0, 0.1) is 11.8 Å². The van der Waals surface area contributed by atoms with E-state index in [9.17, 15) is 0 Å². The summed E-state index contributed by atoms with van der Waals surface area (Å²) in [5, 5.41) is 3.60. The molecule has 0 aromatic heterocycles. The van der Waals surface area contributed by atoms with Gasteiger partial charge in [-0.3, -0.25) is 0 Å². The lowest BCUT2D eigenvalue weighted by molar-refractivity contribution is -0.0867. The van der Waals surface area contributed by atoms with Crippen LogP contribution in [0.3, 0.4) is 0 Å². The maximum Gasteiger partial charge on any atom is 0.0806 e. The maximum atomic E-state index is 6.35. The van der Waals surface area contributed by atoms with E-state index in [1.165, 1.54) is 38.5 Å². The highest BCUT2D eigenvalue weighted by Gasteiger charge is 2.36. The van der Waals surface area contributed by atoms with Gasteiger partial charge in [-0.15, -0.1) is 0 Å². The summed E-state index contributed by atoms with van der Waals surface area (Å²) in [6, 6.07) is 0.549. The molecule has 1 fully saturated rings. The molecular formula is C17H35NO. The van der Waals surface area contributed by atoms with Crippen molar-refractivity contribution in [1.29, 1.82) is 0 Å². The first-order valence-corrected chi connectivity index (χ1v) is 8.35. The van der Waals surface area contributed by atoms with E-state index in [0.717, 1.165) is 19.1 Å². The molecule has 0 bridgehead atoms. The van der Waals surface area contributed by atoms with Gasteiger partial charge in [0.15, 0.2) is 0 Å². The van der Waals surface area contributed by atoms with Crippen LogP contribution in [0.25, 0.3) is 0 Å². The fourth-order valence-corrected chi connectivity index (χ4v) is 3.01. The van der Waals surface area contributed by atoms with E-state index in [1.54, 1.807) is 0 Å². The Balaban J connectivity index is 2.51. The van der Waals surface area contributed by atoms with Crippen LogP contribution >= 0.6 is 0 Å². The molecule has 0 spiro atoms. The zero-order valence-electron chi connectivity index (χ0n) is 13.8. The van der Waals surface area contributed by atoms with Gasteiger partial charge in [-0.25, -0.2) is 0 Å². The first-order valence-electron chi connectivity index (χ1n) is 8.35. The standard InChI is InChI=1S/C17H35NO/c1-6-7-16-8-10-17(11-9-16,13-18-15(4)5)19-12-14(2)3/h14-16,18H,6-13H2,1-5H3. The Morgan fingerprint density at radius 2 is 1.79 bits per heavy atom. The predicted octanol–water partition coefficient (Wildman–Crippen LogP) is 4.39. The third kappa shape index (κ3) is 6.27. The predicted molar refractivity (Wildman–Crippen MR) is 83.5 cm³/mol. The van der Waals surface area contributed by atoms with Gasteiger partial charge in [0.25, 0.3) is 0 Å². The summed E-state index contributed by atoms with van der Waals surface area (Å²) in [5.74, 6) is 1.57. The molecule has 1 saturated carbocycles. The second kappa shape index (κ2) is 8.26. The van der Waals surface area contributed by atoms with Crippen LogP contribution in [-0.2, 0) is 4.74 Å². The van der Waals surface area contributed by atoms with Gasteiger partial charge in [0.05, 0.1) is 5.60 Å². The van der Waals surface area contributed by atoms with Crippen molar-refractivity contribution in [1.82, 2.24) is 5.32 Å². The largest absolute Gasteiger partial charge is 0.373 e. The molecule has 2 heteroatoms. The van der Waals surface area contributed by atoms with Crippen molar-refractivity contribution >= 4 is 0 Å². The first-order chi connectivity index (χ1) is 8.97. The van der Waals surface area contributed by atoms with E-state index in [-0.39, 0.29) is 5.60 Å². The lowest BCUT2D eigenvalue weighted by Crippen LogP contribution is -2.48. The van der Waals surface area contributed by atoms with Gasteiger partial charge in [0.1, 0.15) is 0 Å². The lowest BCUT2D eigenvalue weighted by Gasteiger charge is -2.41. The van der Waals surface area contributed by atoms with Crippen LogP contribution in [0.5, 0.6) is 0 Å². The summed E-state index contributed by atoms with van der Waals surface area (Å²) in [6.45, 7) is 13.2. The van der Waals surface area contributed by atoms with Crippen molar-refractivity contribution in [2.75, 3.05) is 13.2 Å². The molecule has 0 saturated heterocycles. The van der Waals surface area contributed by atoms with Gasteiger partial charge in [-0.05, 0) is 37.5 Å². The summed E-state index contributed by atoms with van der Waals surface area (Å²) in [4.78, 5) is 0. The molecule has 2 nitrogen and oxygen atoms in total. The Hall–Kier alpha value is -0.0800. The third-order valence-corrected chi connectivity index (χ3v) is 4.27. The minimum absolute atomic E-state index is 0.110. The molecular weight excluding hydrogens is 234 g/mol. The normalized spacial score (nSPS) is 28.3. The topological polar surface area (TPSA) is 21.3 Å². The fourth-order valence-electron chi connectivity index (χ4n) is 3.01. The Labute approximate surface area is 120 Å². The van der Waals surface area contributed by atoms with Gasteiger partial charge < -0.3 is 10.1 Å². The van der Waals surface area contributed by atoms with Gasteiger partial charge >= 0.3 is 0 Å². The van der Waals surface area contributed by atoms with E-state index in [1.807, 2.05) is 0 Å². The highest BCUT2D eigenvalue weighted by Crippen LogP contribution is 2.37. The van der Waals surface area contributed by atoms with Crippen LogP contribution in [0.1, 0.15) is 73.1 Å². The summed E-state index contributed by atoms with van der Waals surface area (Å²) >= 11 is 0. The maximum absolute atomic E-state index is 6.35. The van der Waals surface area contributed by atoms with Crippen LogP contribution in [0.15, 0.2) is 0 Å². The number of ether oxygens (including phenoxy) is 1. The van der Waals surface area contributed by atoms with E-state index in [0.29, 0.717) is 12.0 Å². The van der Waals surface area contributed by atoms with Crippen molar-refractivity contribution in [2.24, 2.45) is 11.8 Å². The first kappa shape index (κ1) is 17.0. The molecule has 0 aromatic rings. The quantitative estimate of drug-likeness (QED) is 0.706. The van der Waals surface area contributed by atoms with Crippen LogP contribution in [-0.4, -0.2) is 24.8 Å². The van der Waals surface area contributed by atoms with Gasteiger partial charge in [0, 0.05) is 19.2 Å². The zero-order valence-corrected chi connectivity index (χ0v) is 13.8. The van der Waals surface area contributed by atoms with Gasteiger partial charge in [0.2, 0.25) is 0 Å². The molecule has 0 amide bonds. The lowest BCUT2D eigenvalue weighted by atomic mass is 9.77. The minimum atomic E-state index is 0.110. The molecule has 19 heavy (non-hydrogen) atoms. The molecule has 114 valence electrons. The molecule has 0 atom stereocenters. The van der Waals surface area contributed by atoms with Crippen LogP contribution in [0.2, 0.25) is 0 Å². The summed E-state index contributed by atoms with van der Waals surface area (Å²) in [7, 11) is 0. The van der Waals surface area contributed by atoms with Crippen molar-refractivity contribution in [2.45, 2.75) is 84.8 Å². The second-order valence-corrected chi connectivity index (χ2v) is 7.16. The highest BCUT2D eigenvalue weighted by molar-refractivity contribution is 4.90. The summed E-state index contributed by atoms with van der Waals surface area (Å²) in [6.07, 6.45) is 7.91. The number of hydrogen-bond acceptors (Lipinski definition) is 2. The second-order valence-electron chi connectivity index (χ2n) is 7.16. The molecule has 1 N–H and O–H groups in total. The monoisotopic (exact) mass is 269 g/mol. The zero-order chi connectivity index (χ0) is 14.3. The van der Waals surface area contributed by atoms with Crippen LogP contribution in [0.4, 0.5) is 0 Å². The molecule has 1 aliphatic carbocycles. The smallest absolute Gasteiger partial charge is 0.0806 e. The van der Waals surface area contributed by atoms with Crippen molar-refractivity contribution in [3.8, 4) is 0 Å². The van der Waals surface area contributed by atoms with E-state index < -0.39 is 0 Å². The Bertz CT molecular complexity index is 215. The molecule has 0 aliphatic heterocycles. The number of nitrogens with one attached hydrogen (secondary N) is 1. The van der Waals surface area contributed by atoms with E-state index in [4.69, 9.17) is 4.74 Å². The average molecular weight is 269 g/mol. The average Bonchev–Trinajstić information content (AvgIpc) is 2.37. The molecule has 0 unspecified atom stereocenters. The van der Waals surface area contributed by atoms with E-state index in [2.05, 4.69) is 39.9 Å². The molecule has 0 radical (unpaired) electrons. The van der Waals surface area contributed by atoms with Crippen molar-refractivity contribution in [3.05, 3.63) is 0 Å². The minimum Gasteiger partial charge on any atom is -0.373 e. The van der Waals surface area contributed by atoms with Crippen LogP contribution < -0.4 is 5.32 Å². The SMILES string of the molecule is CCCC1CCC(CNC(C)C)(OCC(C)C)CC1. The molecule has 1 aliphatic rings. The summed E-state index contributed by atoms with van der Waals surface area (Å²) in [5.41, 5.74) is 0.110.